The summed E-state index contributed by atoms with van der Waals surface area (Å²) < 4.78 is 1.71. The molecule has 0 aliphatic heterocycles. The summed E-state index contributed by atoms with van der Waals surface area (Å²) in [6.45, 7) is 6.71. The smallest absolute Gasteiger partial charge is 0.251 e. The topological polar surface area (TPSA) is 86.9 Å². The molecule has 1 rings (SSSR count). The zero-order chi connectivity index (χ0) is 11.6. The lowest BCUT2D eigenvalue weighted by Gasteiger charge is -2.29. The Kier molecular flexibility index (Phi) is 3.14. The molecule has 0 aliphatic rings. The number of hydrogen-bond donors (Lipinski definition) is 2. The number of nitrogens with zero attached hydrogens (tertiary/aromatic N) is 2. The van der Waals surface area contributed by atoms with Crippen molar-refractivity contribution in [2.45, 2.75) is 26.8 Å². The lowest BCUT2D eigenvalue weighted by atomic mass is 9.87. The molecule has 0 aliphatic carbocycles. The van der Waals surface area contributed by atoms with E-state index in [0.717, 1.165) is 0 Å². The number of carbonyl (C=O) groups excluding carboxylic acids is 1. The first-order valence-electron chi connectivity index (χ1n) is 4.90. The van der Waals surface area contributed by atoms with Gasteiger partial charge in [-0.05, 0) is 5.41 Å². The highest BCUT2D eigenvalue weighted by Gasteiger charge is 2.25. The maximum absolute atomic E-state index is 10.9. The van der Waals surface area contributed by atoms with E-state index in [2.05, 4.69) is 25.9 Å². The molecule has 0 aromatic carbocycles. The molecule has 1 aromatic heterocycles. The van der Waals surface area contributed by atoms with Gasteiger partial charge in [-0.2, -0.15) is 5.10 Å². The zero-order valence-electron chi connectivity index (χ0n) is 9.40. The Morgan fingerprint density at radius 1 is 1.60 bits per heavy atom. The number of amides is 1. The van der Waals surface area contributed by atoms with Crippen molar-refractivity contribution in [2.75, 3.05) is 6.54 Å². The maximum atomic E-state index is 10.9. The van der Waals surface area contributed by atoms with Crippen molar-refractivity contribution in [2.24, 2.45) is 16.9 Å². The molecule has 0 saturated carbocycles. The predicted octanol–water partition coefficient (Wildman–Crippen LogP) is 0.528. The second-order valence-electron chi connectivity index (χ2n) is 4.69. The fourth-order valence-electron chi connectivity index (χ4n) is 1.49. The minimum absolute atomic E-state index is 0.00428. The summed E-state index contributed by atoms with van der Waals surface area (Å²) >= 11 is 0. The van der Waals surface area contributed by atoms with Crippen LogP contribution in [0.15, 0.2) is 12.4 Å². The molecule has 4 N–H and O–H groups in total. The Balaban J connectivity index is 2.98. The van der Waals surface area contributed by atoms with Gasteiger partial charge < -0.3 is 11.5 Å². The summed E-state index contributed by atoms with van der Waals surface area (Å²) in [5.41, 5.74) is 11.3. The summed E-state index contributed by atoms with van der Waals surface area (Å²) in [6.07, 6.45) is 3.11. The van der Waals surface area contributed by atoms with E-state index in [1.807, 2.05) is 0 Å². The summed E-state index contributed by atoms with van der Waals surface area (Å²) in [7, 11) is 0. The average Bonchev–Trinajstić information content (AvgIpc) is 2.51. The summed E-state index contributed by atoms with van der Waals surface area (Å²) in [6, 6.07) is 0.0607. The molecule has 1 atom stereocenters. The van der Waals surface area contributed by atoms with Crippen LogP contribution in [0.1, 0.15) is 37.2 Å². The van der Waals surface area contributed by atoms with Crippen molar-refractivity contribution in [3.8, 4) is 0 Å². The first-order valence-corrected chi connectivity index (χ1v) is 4.90. The first kappa shape index (κ1) is 11.7. The van der Waals surface area contributed by atoms with Crippen LogP contribution in [-0.4, -0.2) is 22.2 Å². The third-order valence-electron chi connectivity index (χ3n) is 2.43. The van der Waals surface area contributed by atoms with Crippen molar-refractivity contribution >= 4 is 5.91 Å². The molecule has 0 bridgehead atoms. The molecule has 0 saturated heterocycles. The Morgan fingerprint density at radius 3 is 2.53 bits per heavy atom. The average molecular weight is 210 g/mol. The van der Waals surface area contributed by atoms with Crippen LogP contribution in [0, 0.1) is 5.41 Å². The van der Waals surface area contributed by atoms with Crippen LogP contribution in [-0.2, 0) is 0 Å². The molecule has 5 nitrogen and oxygen atoms in total. The van der Waals surface area contributed by atoms with Crippen LogP contribution < -0.4 is 11.5 Å². The standard InChI is InChI=1S/C10H18N4O/c1-10(2,3)8(4-11)14-6-7(5-13-14)9(12)15/h5-6,8H,4,11H2,1-3H3,(H2,12,15). The van der Waals surface area contributed by atoms with Gasteiger partial charge in [-0.1, -0.05) is 20.8 Å². The Morgan fingerprint density at radius 2 is 2.20 bits per heavy atom. The second kappa shape index (κ2) is 4.02. The molecular weight excluding hydrogens is 192 g/mol. The number of nitrogens with two attached hydrogens (primary N) is 2. The fourth-order valence-corrected chi connectivity index (χ4v) is 1.49. The van der Waals surface area contributed by atoms with Crippen LogP contribution in [0.4, 0.5) is 0 Å². The van der Waals surface area contributed by atoms with Gasteiger partial charge in [0, 0.05) is 12.7 Å². The Hall–Kier alpha value is -1.36. The lowest BCUT2D eigenvalue weighted by molar-refractivity contribution is 0.1000. The highest BCUT2D eigenvalue weighted by atomic mass is 16.1. The highest BCUT2D eigenvalue weighted by Crippen LogP contribution is 2.28. The lowest BCUT2D eigenvalue weighted by Crippen LogP contribution is -2.31. The molecule has 0 radical (unpaired) electrons. The van der Waals surface area contributed by atoms with Crippen LogP contribution in [0.3, 0.4) is 0 Å². The Bertz CT molecular complexity index is 351. The number of primary amides is 1. The van der Waals surface area contributed by atoms with Crippen LogP contribution in [0.25, 0.3) is 0 Å². The van der Waals surface area contributed by atoms with Crippen molar-refractivity contribution in [1.29, 1.82) is 0 Å². The number of carbonyl (C=O) groups is 1. The van der Waals surface area contributed by atoms with Crippen molar-refractivity contribution in [3.05, 3.63) is 18.0 Å². The molecule has 1 aromatic rings. The van der Waals surface area contributed by atoms with Gasteiger partial charge >= 0.3 is 0 Å². The molecule has 84 valence electrons. The highest BCUT2D eigenvalue weighted by molar-refractivity contribution is 5.92. The minimum Gasteiger partial charge on any atom is -0.366 e. The second-order valence-corrected chi connectivity index (χ2v) is 4.69. The third kappa shape index (κ3) is 2.56. The monoisotopic (exact) mass is 210 g/mol. The quantitative estimate of drug-likeness (QED) is 0.762. The van der Waals surface area contributed by atoms with Crippen LogP contribution >= 0.6 is 0 Å². The molecule has 0 fully saturated rings. The van der Waals surface area contributed by atoms with E-state index in [9.17, 15) is 4.79 Å². The van der Waals surface area contributed by atoms with Gasteiger partial charge in [0.15, 0.2) is 0 Å². The van der Waals surface area contributed by atoms with Gasteiger partial charge in [0.05, 0.1) is 17.8 Å². The van der Waals surface area contributed by atoms with Crippen molar-refractivity contribution in [1.82, 2.24) is 9.78 Å². The molecule has 15 heavy (non-hydrogen) atoms. The zero-order valence-corrected chi connectivity index (χ0v) is 9.40. The van der Waals surface area contributed by atoms with Gasteiger partial charge in [0.1, 0.15) is 0 Å². The van der Waals surface area contributed by atoms with E-state index in [-0.39, 0.29) is 11.5 Å². The summed E-state index contributed by atoms with van der Waals surface area (Å²) in [4.78, 5) is 10.9. The summed E-state index contributed by atoms with van der Waals surface area (Å²) in [5.74, 6) is -0.467. The minimum atomic E-state index is -0.467. The number of hydrogen-bond acceptors (Lipinski definition) is 3. The molecule has 1 unspecified atom stereocenters. The maximum Gasteiger partial charge on any atom is 0.251 e. The van der Waals surface area contributed by atoms with E-state index >= 15 is 0 Å². The molecule has 1 amide bonds. The normalized spacial score (nSPS) is 13.9. The van der Waals surface area contributed by atoms with E-state index < -0.39 is 5.91 Å². The van der Waals surface area contributed by atoms with E-state index in [0.29, 0.717) is 12.1 Å². The van der Waals surface area contributed by atoms with Gasteiger partial charge in [0.2, 0.25) is 0 Å². The van der Waals surface area contributed by atoms with Gasteiger partial charge in [-0.25, -0.2) is 0 Å². The SMILES string of the molecule is CC(C)(C)C(CN)n1cc(C(N)=O)cn1. The van der Waals surface area contributed by atoms with Gasteiger partial charge in [-0.3, -0.25) is 9.48 Å². The summed E-state index contributed by atoms with van der Waals surface area (Å²) in [5, 5.41) is 4.11. The van der Waals surface area contributed by atoms with Crippen LogP contribution in [0.5, 0.6) is 0 Å². The Labute approximate surface area is 89.4 Å². The third-order valence-corrected chi connectivity index (χ3v) is 2.43. The van der Waals surface area contributed by atoms with E-state index in [1.165, 1.54) is 6.20 Å². The number of aromatic nitrogens is 2. The van der Waals surface area contributed by atoms with Crippen molar-refractivity contribution < 1.29 is 4.79 Å². The van der Waals surface area contributed by atoms with Gasteiger partial charge in [0.25, 0.3) is 5.91 Å². The first-order chi connectivity index (χ1) is 6.86. The molecule has 1 heterocycles. The van der Waals surface area contributed by atoms with Gasteiger partial charge in [-0.15, -0.1) is 0 Å². The molecule has 0 spiro atoms. The van der Waals surface area contributed by atoms with Crippen LogP contribution in [0.2, 0.25) is 0 Å². The molecule has 5 heteroatoms. The molecular formula is C10H18N4O. The largest absolute Gasteiger partial charge is 0.366 e. The van der Waals surface area contributed by atoms with E-state index in [1.54, 1.807) is 10.9 Å². The predicted molar refractivity (Wildman–Crippen MR) is 58.3 cm³/mol. The number of rotatable bonds is 3. The van der Waals surface area contributed by atoms with E-state index in [4.69, 9.17) is 11.5 Å². The fraction of sp³-hybridized carbons (Fsp3) is 0.600. The van der Waals surface area contributed by atoms with Crippen molar-refractivity contribution in [3.63, 3.8) is 0 Å².